The quantitative estimate of drug-likeness (QED) is 0.792. The molecule has 2 atom stereocenters. The third-order valence-electron chi connectivity index (χ3n) is 2.33. The molecule has 0 aliphatic carbocycles. The topological polar surface area (TPSA) is 72.6 Å². The number of benzene rings is 1. The minimum atomic E-state index is -0.600. The summed E-state index contributed by atoms with van der Waals surface area (Å²) in [6.45, 7) is 3.52. The molecule has 4 heteroatoms. The van der Waals surface area contributed by atoms with Gasteiger partial charge in [-0.2, -0.15) is 0 Å². The number of amides is 1. The first-order valence-electron chi connectivity index (χ1n) is 5.28. The standard InChI is InChI=1S/C12H17NO3/c1-3-11(12(13)15)16-10-6-4-9(5-7-10)8(2)14/h4-8,11,14H,3H2,1-2H3,(H2,13,15)/t8-,11?/m0/s1. The number of aliphatic hydroxyl groups excluding tert-OH is 1. The fraction of sp³-hybridized carbons (Fsp3) is 0.417. The molecule has 0 aromatic heterocycles. The van der Waals surface area contributed by atoms with Crippen LogP contribution in [0.3, 0.4) is 0 Å². The zero-order chi connectivity index (χ0) is 12.1. The molecular weight excluding hydrogens is 206 g/mol. The van der Waals surface area contributed by atoms with E-state index in [4.69, 9.17) is 10.5 Å². The molecular formula is C12H17NO3. The Labute approximate surface area is 95.0 Å². The molecule has 1 amide bonds. The minimum Gasteiger partial charge on any atom is -0.481 e. The summed E-state index contributed by atoms with van der Waals surface area (Å²) in [4.78, 5) is 11.0. The van der Waals surface area contributed by atoms with Crippen molar-refractivity contribution >= 4 is 5.91 Å². The van der Waals surface area contributed by atoms with Crippen LogP contribution < -0.4 is 10.5 Å². The van der Waals surface area contributed by atoms with Crippen LogP contribution in [0.25, 0.3) is 0 Å². The molecule has 4 nitrogen and oxygen atoms in total. The molecule has 0 spiro atoms. The minimum absolute atomic E-state index is 0.470. The Bertz CT molecular complexity index is 346. The van der Waals surface area contributed by atoms with Gasteiger partial charge in [0.25, 0.3) is 5.91 Å². The molecule has 1 aromatic carbocycles. The SMILES string of the molecule is CCC(Oc1ccc([C@H](C)O)cc1)C(N)=O. The highest BCUT2D eigenvalue weighted by molar-refractivity contribution is 5.79. The van der Waals surface area contributed by atoms with E-state index in [1.165, 1.54) is 0 Å². The van der Waals surface area contributed by atoms with Crippen molar-refractivity contribution in [2.45, 2.75) is 32.5 Å². The average Bonchev–Trinajstić information content (AvgIpc) is 2.26. The van der Waals surface area contributed by atoms with E-state index in [0.717, 1.165) is 5.56 Å². The number of rotatable bonds is 5. The number of nitrogens with two attached hydrogens (primary N) is 1. The van der Waals surface area contributed by atoms with Gasteiger partial charge in [-0.05, 0) is 31.0 Å². The third-order valence-corrected chi connectivity index (χ3v) is 2.33. The second-order valence-electron chi connectivity index (χ2n) is 3.66. The van der Waals surface area contributed by atoms with Crippen LogP contribution in [0.5, 0.6) is 5.75 Å². The molecule has 0 aliphatic heterocycles. The van der Waals surface area contributed by atoms with Crippen molar-refractivity contribution in [3.63, 3.8) is 0 Å². The average molecular weight is 223 g/mol. The molecule has 16 heavy (non-hydrogen) atoms. The lowest BCUT2D eigenvalue weighted by molar-refractivity contribution is -0.124. The second-order valence-corrected chi connectivity index (χ2v) is 3.66. The van der Waals surface area contributed by atoms with Crippen molar-refractivity contribution in [2.24, 2.45) is 5.73 Å². The number of hydrogen-bond donors (Lipinski definition) is 2. The van der Waals surface area contributed by atoms with E-state index in [2.05, 4.69) is 0 Å². The van der Waals surface area contributed by atoms with Crippen molar-refractivity contribution in [2.75, 3.05) is 0 Å². The van der Waals surface area contributed by atoms with Crippen LogP contribution in [0, 0.1) is 0 Å². The van der Waals surface area contributed by atoms with E-state index < -0.39 is 18.1 Å². The lowest BCUT2D eigenvalue weighted by atomic mass is 10.1. The van der Waals surface area contributed by atoms with Crippen molar-refractivity contribution in [3.8, 4) is 5.75 Å². The largest absolute Gasteiger partial charge is 0.481 e. The van der Waals surface area contributed by atoms with Gasteiger partial charge in [0.15, 0.2) is 6.10 Å². The van der Waals surface area contributed by atoms with Gasteiger partial charge < -0.3 is 15.6 Å². The fourth-order valence-electron chi connectivity index (χ4n) is 1.33. The Balaban J connectivity index is 2.71. The Morgan fingerprint density at radius 3 is 2.38 bits per heavy atom. The summed E-state index contributed by atoms with van der Waals surface area (Å²) in [6.07, 6.45) is -0.572. The van der Waals surface area contributed by atoms with Crippen LogP contribution >= 0.6 is 0 Å². The van der Waals surface area contributed by atoms with Gasteiger partial charge in [-0.1, -0.05) is 19.1 Å². The van der Waals surface area contributed by atoms with E-state index in [-0.39, 0.29) is 0 Å². The molecule has 1 unspecified atom stereocenters. The van der Waals surface area contributed by atoms with Crippen LogP contribution in [0.1, 0.15) is 31.9 Å². The van der Waals surface area contributed by atoms with Gasteiger partial charge in [0, 0.05) is 0 Å². The van der Waals surface area contributed by atoms with Gasteiger partial charge >= 0.3 is 0 Å². The monoisotopic (exact) mass is 223 g/mol. The molecule has 0 bridgehead atoms. The van der Waals surface area contributed by atoms with Crippen molar-refractivity contribution in [3.05, 3.63) is 29.8 Å². The number of carbonyl (C=O) groups is 1. The van der Waals surface area contributed by atoms with E-state index in [9.17, 15) is 9.90 Å². The predicted octanol–water partition coefficient (Wildman–Crippen LogP) is 1.38. The van der Waals surface area contributed by atoms with Crippen LogP contribution in [0.2, 0.25) is 0 Å². The third kappa shape index (κ3) is 3.24. The fourth-order valence-corrected chi connectivity index (χ4v) is 1.33. The normalized spacial score (nSPS) is 14.2. The lowest BCUT2D eigenvalue weighted by Crippen LogP contribution is -2.32. The summed E-state index contributed by atoms with van der Waals surface area (Å²) in [6, 6.07) is 6.95. The van der Waals surface area contributed by atoms with Crippen molar-refractivity contribution < 1.29 is 14.6 Å². The van der Waals surface area contributed by atoms with Crippen LogP contribution in [0.15, 0.2) is 24.3 Å². The molecule has 0 fully saturated rings. The Morgan fingerprint density at radius 1 is 1.44 bits per heavy atom. The number of carbonyl (C=O) groups excluding carboxylic acids is 1. The first-order valence-corrected chi connectivity index (χ1v) is 5.28. The van der Waals surface area contributed by atoms with Gasteiger partial charge in [0.2, 0.25) is 0 Å². The maximum Gasteiger partial charge on any atom is 0.258 e. The van der Waals surface area contributed by atoms with E-state index >= 15 is 0 Å². The molecule has 0 saturated heterocycles. The Morgan fingerprint density at radius 2 is 2.00 bits per heavy atom. The molecule has 1 rings (SSSR count). The maximum atomic E-state index is 11.0. The molecule has 0 saturated carbocycles. The summed E-state index contributed by atoms with van der Waals surface area (Å²) in [5.74, 6) is 0.108. The molecule has 0 aliphatic rings. The van der Waals surface area contributed by atoms with Gasteiger partial charge in [-0.25, -0.2) is 0 Å². The van der Waals surface area contributed by atoms with Gasteiger partial charge in [-0.3, -0.25) is 4.79 Å². The summed E-state index contributed by atoms with van der Waals surface area (Å²) in [5, 5.41) is 9.32. The lowest BCUT2D eigenvalue weighted by Gasteiger charge is -2.14. The first kappa shape index (κ1) is 12.5. The highest BCUT2D eigenvalue weighted by Crippen LogP contribution is 2.18. The first-order chi connectivity index (χ1) is 7.54. The van der Waals surface area contributed by atoms with Gasteiger partial charge in [0.05, 0.1) is 6.10 Å². The Hall–Kier alpha value is -1.55. The van der Waals surface area contributed by atoms with E-state index in [1.54, 1.807) is 31.2 Å². The summed E-state index contributed by atoms with van der Waals surface area (Å²) < 4.78 is 5.40. The van der Waals surface area contributed by atoms with Crippen LogP contribution in [-0.2, 0) is 4.79 Å². The van der Waals surface area contributed by atoms with Gasteiger partial charge in [-0.15, -0.1) is 0 Å². The van der Waals surface area contributed by atoms with E-state index in [1.807, 2.05) is 6.92 Å². The molecule has 0 heterocycles. The van der Waals surface area contributed by atoms with Crippen molar-refractivity contribution in [1.82, 2.24) is 0 Å². The second kappa shape index (κ2) is 5.51. The number of ether oxygens (including phenoxy) is 1. The number of aliphatic hydroxyl groups is 1. The summed E-state index contributed by atoms with van der Waals surface area (Å²) in [5.41, 5.74) is 5.97. The van der Waals surface area contributed by atoms with Crippen molar-refractivity contribution in [1.29, 1.82) is 0 Å². The maximum absolute atomic E-state index is 11.0. The highest BCUT2D eigenvalue weighted by atomic mass is 16.5. The predicted molar refractivity (Wildman–Crippen MR) is 61.0 cm³/mol. The number of hydrogen-bond acceptors (Lipinski definition) is 3. The summed E-state index contributed by atoms with van der Waals surface area (Å²) in [7, 11) is 0. The molecule has 1 aromatic rings. The van der Waals surface area contributed by atoms with Crippen LogP contribution in [-0.4, -0.2) is 17.1 Å². The van der Waals surface area contributed by atoms with E-state index in [0.29, 0.717) is 12.2 Å². The van der Waals surface area contributed by atoms with Gasteiger partial charge in [0.1, 0.15) is 5.75 Å². The molecule has 3 N–H and O–H groups in total. The molecule has 88 valence electrons. The summed E-state index contributed by atoms with van der Waals surface area (Å²) >= 11 is 0. The Kier molecular flexibility index (Phi) is 4.31. The van der Waals surface area contributed by atoms with Crippen LogP contribution in [0.4, 0.5) is 0 Å². The number of primary amides is 1. The molecule has 0 radical (unpaired) electrons. The smallest absolute Gasteiger partial charge is 0.258 e. The zero-order valence-corrected chi connectivity index (χ0v) is 9.51. The highest BCUT2D eigenvalue weighted by Gasteiger charge is 2.14. The zero-order valence-electron chi connectivity index (χ0n) is 9.51.